The Bertz CT molecular complexity index is 314. The highest BCUT2D eigenvalue weighted by atomic mass is 16.5. The standard InChI is InChI=1S/C8H8N2O4/c11-7-5-3-1-2-4(14-3)6(5)8(12)10(7)9-13/h3-6H,1-2H2. The van der Waals surface area contributed by atoms with Crippen molar-refractivity contribution in [3.05, 3.63) is 4.91 Å². The van der Waals surface area contributed by atoms with Gasteiger partial charge in [-0.2, -0.15) is 0 Å². The predicted octanol–water partition coefficient (Wildman–Crippen LogP) is -0.170. The fraction of sp³-hybridized carbons (Fsp3) is 0.750. The summed E-state index contributed by atoms with van der Waals surface area (Å²) >= 11 is 0. The molecule has 0 spiro atoms. The minimum absolute atomic E-state index is 0.173. The summed E-state index contributed by atoms with van der Waals surface area (Å²) in [6.07, 6.45) is 1.26. The van der Waals surface area contributed by atoms with Crippen LogP contribution in [0.1, 0.15) is 12.8 Å². The SMILES string of the molecule is O=NN1C(=O)C2C3CCC(O3)C2C1=O. The second-order valence-electron chi connectivity index (χ2n) is 3.91. The summed E-state index contributed by atoms with van der Waals surface area (Å²) in [4.78, 5) is 33.4. The highest BCUT2D eigenvalue weighted by Crippen LogP contribution is 2.48. The van der Waals surface area contributed by atoms with Crippen molar-refractivity contribution in [2.45, 2.75) is 25.0 Å². The Balaban J connectivity index is 2.02. The van der Waals surface area contributed by atoms with E-state index in [0.717, 1.165) is 12.8 Å². The number of hydrogen-bond donors (Lipinski definition) is 0. The summed E-state index contributed by atoms with van der Waals surface area (Å²) in [5.41, 5.74) is 0. The van der Waals surface area contributed by atoms with Crippen molar-refractivity contribution in [1.29, 1.82) is 0 Å². The molecule has 3 aliphatic heterocycles. The molecule has 4 atom stereocenters. The largest absolute Gasteiger partial charge is 0.373 e. The van der Waals surface area contributed by atoms with Crippen LogP contribution in [0.5, 0.6) is 0 Å². The Kier molecular flexibility index (Phi) is 1.37. The third-order valence-electron chi connectivity index (χ3n) is 3.34. The van der Waals surface area contributed by atoms with Gasteiger partial charge in [-0.3, -0.25) is 9.59 Å². The van der Waals surface area contributed by atoms with E-state index in [1.807, 2.05) is 0 Å². The van der Waals surface area contributed by atoms with Crippen LogP contribution in [0.15, 0.2) is 5.29 Å². The van der Waals surface area contributed by atoms with Gasteiger partial charge in [0.1, 0.15) is 0 Å². The molecule has 0 aromatic carbocycles. The van der Waals surface area contributed by atoms with E-state index in [2.05, 4.69) is 5.29 Å². The molecule has 14 heavy (non-hydrogen) atoms. The fourth-order valence-corrected chi connectivity index (χ4v) is 2.78. The lowest BCUT2D eigenvalue weighted by Crippen LogP contribution is -2.29. The van der Waals surface area contributed by atoms with Crippen LogP contribution >= 0.6 is 0 Å². The Labute approximate surface area is 79.1 Å². The number of fused-ring (bicyclic) bond motifs is 5. The van der Waals surface area contributed by atoms with Gasteiger partial charge in [-0.15, -0.1) is 9.92 Å². The van der Waals surface area contributed by atoms with E-state index in [-0.39, 0.29) is 12.2 Å². The van der Waals surface area contributed by atoms with Crippen molar-refractivity contribution >= 4 is 11.8 Å². The van der Waals surface area contributed by atoms with Crippen molar-refractivity contribution < 1.29 is 14.3 Å². The summed E-state index contributed by atoms with van der Waals surface area (Å²) < 4.78 is 5.46. The quantitative estimate of drug-likeness (QED) is 0.431. The molecule has 0 aromatic heterocycles. The first-order valence-corrected chi connectivity index (χ1v) is 4.60. The smallest absolute Gasteiger partial charge is 0.259 e. The van der Waals surface area contributed by atoms with Crippen LogP contribution in [0.4, 0.5) is 0 Å². The zero-order chi connectivity index (χ0) is 9.87. The first-order valence-electron chi connectivity index (χ1n) is 4.60. The molecular weight excluding hydrogens is 188 g/mol. The van der Waals surface area contributed by atoms with Crippen molar-refractivity contribution in [2.75, 3.05) is 0 Å². The fourth-order valence-electron chi connectivity index (χ4n) is 2.78. The summed E-state index contributed by atoms with van der Waals surface area (Å²) in [5, 5.41) is 2.92. The number of carbonyl (C=O) groups excluding carboxylic acids is 2. The topological polar surface area (TPSA) is 76.0 Å². The van der Waals surface area contributed by atoms with Crippen LogP contribution in [0, 0.1) is 16.7 Å². The molecule has 74 valence electrons. The number of ether oxygens (including phenoxy) is 1. The van der Waals surface area contributed by atoms with Crippen molar-refractivity contribution in [1.82, 2.24) is 5.01 Å². The summed E-state index contributed by atoms with van der Waals surface area (Å²) in [6.45, 7) is 0. The van der Waals surface area contributed by atoms with Crippen LogP contribution in [-0.4, -0.2) is 29.0 Å². The van der Waals surface area contributed by atoms with E-state index in [1.54, 1.807) is 0 Å². The predicted molar refractivity (Wildman–Crippen MR) is 42.5 cm³/mol. The highest BCUT2D eigenvalue weighted by Gasteiger charge is 2.63. The number of nitroso groups, excluding NO2 is 1. The maximum Gasteiger partial charge on any atom is 0.259 e. The van der Waals surface area contributed by atoms with Gasteiger partial charge in [0.15, 0.2) is 0 Å². The molecule has 3 aliphatic rings. The van der Waals surface area contributed by atoms with E-state index < -0.39 is 23.7 Å². The Hall–Kier alpha value is -1.30. The van der Waals surface area contributed by atoms with Gasteiger partial charge in [0.25, 0.3) is 11.8 Å². The van der Waals surface area contributed by atoms with Gasteiger partial charge in [0, 0.05) is 0 Å². The maximum absolute atomic E-state index is 11.5. The maximum atomic E-state index is 11.5. The summed E-state index contributed by atoms with van der Waals surface area (Å²) in [5.74, 6) is -1.86. The van der Waals surface area contributed by atoms with E-state index in [1.165, 1.54) is 0 Å². The van der Waals surface area contributed by atoms with Crippen molar-refractivity contribution in [3.8, 4) is 0 Å². The van der Waals surface area contributed by atoms with Gasteiger partial charge in [0.2, 0.25) is 0 Å². The molecule has 3 heterocycles. The monoisotopic (exact) mass is 196 g/mol. The van der Waals surface area contributed by atoms with E-state index in [0.29, 0.717) is 5.01 Å². The lowest BCUT2D eigenvalue weighted by Gasteiger charge is -2.14. The first kappa shape index (κ1) is 8.05. The Morgan fingerprint density at radius 1 is 1.14 bits per heavy atom. The zero-order valence-corrected chi connectivity index (χ0v) is 7.25. The minimum Gasteiger partial charge on any atom is -0.373 e. The molecule has 2 amide bonds. The zero-order valence-electron chi connectivity index (χ0n) is 7.25. The Morgan fingerprint density at radius 3 is 2.07 bits per heavy atom. The average Bonchev–Trinajstić information content (AvgIpc) is 2.80. The van der Waals surface area contributed by atoms with Crippen LogP contribution in [0.25, 0.3) is 0 Å². The van der Waals surface area contributed by atoms with E-state index >= 15 is 0 Å². The van der Waals surface area contributed by atoms with Gasteiger partial charge in [-0.25, -0.2) is 0 Å². The number of nitrogens with zero attached hydrogens (tertiary/aromatic N) is 2. The Morgan fingerprint density at radius 2 is 1.64 bits per heavy atom. The van der Waals surface area contributed by atoms with Crippen molar-refractivity contribution in [2.24, 2.45) is 17.1 Å². The molecule has 2 bridgehead atoms. The molecule has 6 nitrogen and oxygen atoms in total. The molecule has 4 unspecified atom stereocenters. The second kappa shape index (κ2) is 2.38. The minimum atomic E-state index is -0.484. The normalized spacial score (nSPS) is 44.7. The number of rotatable bonds is 1. The third-order valence-corrected chi connectivity index (χ3v) is 3.34. The highest BCUT2D eigenvalue weighted by molar-refractivity contribution is 6.05. The van der Waals surface area contributed by atoms with E-state index in [4.69, 9.17) is 4.74 Å². The van der Waals surface area contributed by atoms with Gasteiger partial charge in [-0.05, 0) is 12.8 Å². The molecule has 6 heteroatoms. The van der Waals surface area contributed by atoms with Crippen molar-refractivity contribution in [3.63, 3.8) is 0 Å². The molecule has 0 N–H and O–H groups in total. The summed E-state index contributed by atoms with van der Waals surface area (Å²) in [7, 11) is 0. The van der Waals surface area contributed by atoms with Gasteiger partial charge >= 0.3 is 0 Å². The van der Waals surface area contributed by atoms with Crippen LogP contribution in [0.3, 0.4) is 0 Å². The van der Waals surface area contributed by atoms with Gasteiger partial charge in [-0.1, -0.05) is 0 Å². The molecule has 0 saturated carbocycles. The molecular formula is C8H8N2O4. The lowest BCUT2D eigenvalue weighted by molar-refractivity contribution is -0.142. The number of carbonyl (C=O) groups is 2. The third kappa shape index (κ3) is 0.708. The molecule has 0 radical (unpaired) electrons. The molecule has 0 aliphatic carbocycles. The molecule has 3 fully saturated rings. The molecule has 3 saturated heterocycles. The number of amides is 2. The van der Waals surface area contributed by atoms with Gasteiger partial charge < -0.3 is 4.74 Å². The first-order chi connectivity index (χ1) is 6.74. The average molecular weight is 196 g/mol. The van der Waals surface area contributed by atoms with Crippen LogP contribution < -0.4 is 0 Å². The molecule has 0 aromatic rings. The number of hydrogen-bond acceptors (Lipinski definition) is 5. The van der Waals surface area contributed by atoms with Crippen LogP contribution in [-0.2, 0) is 14.3 Å². The van der Waals surface area contributed by atoms with Crippen LogP contribution in [0.2, 0.25) is 0 Å². The number of imide groups is 1. The van der Waals surface area contributed by atoms with Gasteiger partial charge in [0.05, 0.1) is 29.3 Å². The molecule has 3 rings (SSSR count). The second-order valence-corrected chi connectivity index (χ2v) is 3.91. The summed E-state index contributed by atoms with van der Waals surface area (Å²) in [6, 6.07) is 0. The van der Waals surface area contributed by atoms with E-state index in [9.17, 15) is 14.5 Å². The lowest BCUT2D eigenvalue weighted by atomic mass is 9.81.